The van der Waals surface area contributed by atoms with E-state index in [4.69, 9.17) is 4.74 Å². The van der Waals surface area contributed by atoms with E-state index in [2.05, 4.69) is 0 Å². The minimum atomic E-state index is 0.00456. The Morgan fingerprint density at radius 1 is 1.33 bits per heavy atom. The molecule has 2 aromatic rings. The van der Waals surface area contributed by atoms with Crippen LogP contribution in [0.5, 0.6) is 0 Å². The van der Waals surface area contributed by atoms with Crippen molar-refractivity contribution >= 4 is 16.8 Å². The minimum Gasteiger partial charge on any atom is -0.384 e. The average Bonchev–Trinajstić information content (AvgIpc) is 2.59. The number of likely N-dealkylation sites (tertiary alicyclic amines) is 1. The molecule has 3 rings (SSSR count). The lowest BCUT2D eigenvalue weighted by molar-refractivity contribution is -0.134. The number of nitrogens with zero attached hydrogens (tertiary/aromatic N) is 2. The third-order valence-electron chi connectivity index (χ3n) is 4.79. The number of benzene rings is 1. The number of fused-ring (bicyclic) bond motifs is 1. The highest BCUT2D eigenvalue weighted by Gasteiger charge is 2.24. The zero-order chi connectivity index (χ0) is 17.1. The van der Waals surface area contributed by atoms with Crippen LogP contribution in [0.25, 0.3) is 10.9 Å². The molecule has 1 amide bonds. The Morgan fingerprint density at radius 2 is 2.12 bits per heavy atom. The maximum atomic E-state index is 12.8. The summed E-state index contributed by atoms with van der Waals surface area (Å²) < 4.78 is 7.18. The van der Waals surface area contributed by atoms with Gasteiger partial charge in [0.25, 0.3) is 0 Å². The molecular formula is C19H24N2O3. The monoisotopic (exact) mass is 328 g/mol. The summed E-state index contributed by atoms with van der Waals surface area (Å²) in [5, 5.41) is 0.659. The first-order chi connectivity index (χ1) is 11.6. The smallest absolute Gasteiger partial charge is 0.242 e. The molecule has 2 heterocycles. The lowest BCUT2D eigenvalue weighted by atomic mass is 9.99. The topological polar surface area (TPSA) is 51.5 Å². The molecule has 128 valence electrons. The number of aromatic nitrogens is 1. The Kier molecular flexibility index (Phi) is 5.00. The van der Waals surface area contributed by atoms with Gasteiger partial charge in [-0.25, -0.2) is 0 Å². The van der Waals surface area contributed by atoms with Crippen molar-refractivity contribution in [3.05, 3.63) is 46.2 Å². The number of piperidine rings is 1. The van der Waals surface area contributed by atoms with Crippen molar-refractivity contribution in [1.82, 2.24) is 9.47 Å². The summed E-state index contributed by atoms with van der Waals surface area (Å²) in [5.74, 6) is 0.521. The number of para-hydroxylation sites is 1. The van der Waals surface area contributed by atoms with Gasteiger partial charge in [0.2, 0.25) is 5.91 Å². The maximum Gasteiger partial charge on any atom is 0.242 e. The molecule has 1 saturated heterocycles. The summed E-state index contributed by atoms with van der Waals surface area (Å²) in [4.78, 5) is 26.8. The van der Waals surface area contributed by atoms with E-state index >= 15 is 0 Å². The van der Waals surface area contributed by atoms with Crippen LogP contribution >= 0.6 is 0 Å². The molecule has 0 spiro atoms. The summed E-state index contributed by atoms with van der Waals surface area (Å²) in [6.07, 6.45) is 2.13. The summed E-state index contributed by atoms with van der Waals surface area (Å²) in [6.45, 7) is 4.40. The fourth-order valence-electron chi connectivity index (χ4n) is 3.56. The molecule has 0 saturated carbocycles. The first-order valence-electron chi connectivity index (χ1n) is 8.46. The van der Waals surface area contributed by atoms with Gasteiger partial charge in [-0.3, -0.25) is 9.59 Å². The first kappa shape index (κ1) is 16.7. The lowest BCUT2D eigenvalue weighted by Crippen LogP contribution is -2.42. The van der Waals surface area contributed by atoms with Gasteiger partial charge in [0.1, 0.15) is 6.54 Å². The number of aryl methyl sites for hydroxylation is 1. The van der Waals surface area contributed by atoms with Crippen molar-refractivity contribution in [1.29, 1.82) is 0 Å². The van der Waals surface area contributed by atoms with Gasteiger partial charge in [0, 0.05) is 37.3 Å². The van der Waals surface area contributed by atoms with Gasteiger partial charge >= 0.3 is 0 Å². The number of amides is 1. The Morgan fingerprint density at radius 3 is 2.92 bits per heavy atom. The van der Waals surface area contributed by atoms with Crippen molar-refractivity contribution in [2.24, 2.45) is 5.92 Å². The Bertz CT molecular complexity index is 795. The van der Waals surface area contributed by atoms with Gasteiger partial charge in [-0.2, -0.15) is 0 Å². The van der Waals surface area contributed by atoms with Gasteiger partial charge < -0.3 is 14.2 Å². The number of carbonyl (C=O) groups is 1. The summed E-state index contributed by atoms with van der Waals surface area (Å²) in [5.41, 5.74) is 1.64. The zero-order valence-corrected chi connectivity index (χ0v) is 14.3. The second-order valence-corrected chi connectivity index (χ2v) is 6.56. The molecule has 0 radical (unpaired) electrons. The number of ether oxygens (including phenoxy) is 1. The van der Waals surface area contributed by atoms with Crippen LogP contribution in [0.3, 0.4) is 0 Å². The minimum absolute atomic E-state index is 0.00456. The van der Waals surface area contributed by atoms with E-state index in [1.54, 1.807) is 13.2 Å². The molecule has 0 bridgehead atoms. The maximum absolute atomic E-state index is 12.8. The fraction of sp³-hybridized carbons (Fsp3) is 0.474. The zero-order valence-electron chi connectivity index (χ0n) is 14.3. The van der Waals surface area contributed by atoms with E-state index in [9.17, 15) is 9.59 Å². The van der Waals surface area contributed by atoms with Gasteiger partial charge in [-0.1, -0.05) is 12.1 Å². The van der Waals surface area contributed by atoms with Crippen LogP contribution in [0, 0.1) is 12.8 Å². The highest BCUT2D eigenvalue weighted by Crippen LogP contribution is 2.18. The molecular weight excluding hydrogens is 304 g/mol. The Hall–Kier alpha value is -2.14. The number of hydrogen-bond acceptors (Lipinski definition) is 3. The van der Waals surface area contributed by atoms with Crippen LogP contribution in [0.1, 0.15) is 18.5 Å². The molecule has 1 fully saturated rings. The van der Waals surface area contributed by atoms with Crippen LogP contribution in [-0.4, -0.2) is 42.2 Å². The molecule has 1 aromatic heterocycles. The summed E-state index contributed by atoms with van der Waals surface area (Å²) in [6, 6.07) is 9.08. The summed E-state index contributed by atoms with van der Waals surface area (Å²) in [7, 11) is 1.70. The average molecular weight is 328 g/mol. The van der Waals surface area contributed by atoms with E-state index in [1.807, 2.05) is 40.7 Å². The third-order valence-corrected chi connectivity index (χ3v) is 4.79. The molecule has 5 nitrogen and oxygen atoms in total. The number of rotatable bonds is 4. The van der Waals surface area contributed by atoms with E-state index in [-0.39, 0.29) is 17.9 Å². The Balaban J connectivity index is 1.84. The van der Waals surface area contributed by atoms with Crippen LogP contribution in [-0.2, 0) is 16.1 Å². The predicted molar refractivity (Wildman–Crippen MR) is 94.1 cm³/mol. The normalized spacial score (nSPS) is 18.1. The SMILES string of the molecule is COC[C@H]1CCCN(C(=O)Cn2c(C)cc(=O)c3ccccc32)C1. The number of hydrogen-bond donors (Lipinski definition) is 0. The van der Waals surface area contributed by atoms with Crippen LogP contribution in [0.15, 0.2) is 35.1 Å². The van der Waals surface area contributed by atoms with E-state index in [1.165, 1.54) is 0 Å². The number of methoxy groups -OCH3 is 1. The first-order valence-corrected chi connectivity index (χ1v) is 8.46. The van der Waals surface area contributed by atoms with Crippen molar-refractivity contribution in [3.63, 3.8) is 0 Å². The molecule has 0 unspecified atom stereocenters. The van der Waals surface area contributed by atoms with Gasteiger partial charge in [-0.15, -0.1) is 0 Å². The van der Waals surface area contributed by atoms with Crippen molar-refractivity contribution in [2.75, 3.05) is 26.8 Å². The number of pyridine rings is 1. The molecule has 1 aliphatic rings. The van der Waals surface area contributed by atoms with Gasteiger partial charge in [-0.05, 0) is 37.8 Å². The van der Waals surface area contributed by atoms with Crippen LogP contribution in [0.4, 0.5) is 0 Å². The quantitative estimate of drug-likeness (QED) is 0.864. The second-order valence-electron chi connectivity index (χ2n) is 6.56. The van der Waals surface area contributed by atoms with Gasteiger partial charge in [0.05, 0.1) is 12.1 Å². The molecule has 1 aliphatic heterocycles. The van der Waals surface area contributed by atoms with Crippen LogP contribution in [0.2, 0.25) is 0 Å². The standard InChI is InChI=1S/C19H24N2O3/c1-14-10-18(22)16-7-3-4-8-17(16)21(14)12-19(23)20-9-5-6-15(11-20)13-24-2/h3-4,7-8,10,15H,5-6,9,11-13H2,1-2H3/t15-/m0/s1. The number of carbonyl (C=O) groups excluding carboxylic acids is 1. The Labute approximate surface area is 141 Å². The van der Waals surface area contributed by atoms with Crippen molar-refractivity contribution in [3.8, 4) is 0 Å². The molecule has 24 heavy (non-hydrogen) atoms. The molecule has 0 N–H and O–H groups in total. The molecule has 5 heteroatoms. The fourth-order valence-corrected chi connectivity index (χ4v) is 3.56. The van der Waals surface area contributed by atoms with Gasteiger partial charge in [0.15, 0.2) is 5.43 Å². The molecule has 0 aliphatic carbocycles. The second kappa shape index (κ2) is 7.18. The predicted octanol–water partition coefficient (Wildman–Crippen LogP) is 2.19. The van der Waals surface area contributed by atoms with Crippen LogP contribution < -0.4 is 5.43 Å². The van der Waals surface area contributed by atoms with E-state index in [0.29, 0.717) is 17.9 Å². The van der Waals surface area contributed by atoms with E-state index in [0.717, 1.165) is 37.1 Å². The highest BCUT2D eigenvalue weighted by atomic mass is 16.5. The lowest BCUT2D eigenvalue weighted by Gasteiger charge is -2.33. The van der Waals surface area contributed by atoms with E-state index < -0.39 is 0 Å². The van der Waals surface area contributed by atoms with Crippen molar-refractivity contribution in [2.45, 2.75) is 26.3 Å². The summed E-state index contributed by atoms with van der Waals surface area (Å²) >= 11 is 0. The molecule has 1 aromatic carbocycles. The largest absolute Gasteiger partial charge is 0.384 e. The third kappa shape index (κ3) is 3.36. The highest BCUT2D eigenvalue weighted by molar-refractivity contribution is 5.82. The van der Waals surface area contributed by atoms with Crippen molar-refractivity contribution < 1.29 is 9.53 Å². The molecule has 1 atom stereocenters.